The summed E-state index contributed by atoms with van der Waals surface area (Å²) in [5.74, 6) is -0.0144. The van der Waals surface area contributed by atoms with Crippen LogP contribution in [-0.2, 0) is 0 Å². The molecule has 0 spiro atoms. The number of Topliss-reactive ketones (excluding diaryl/α,β-unsaturated/α-hetero) is 1. The Labute approximate surface area is 132 Å². The van der Waals surface area contributed by atoms with Gasteiger partial charge in [0.25, 0.3) is 0 Å². The van der Waals surface area contributed by atoms with Gasteiger partial charge in [-0.25, -0.2) is 0 Å². The first kappa shape index (κ1) is 15.3. The molecule has 0 fully saturated rings. The second kappa shape index (κ2) is 5.74. The second-order valence-electron chi connectivity index (χ2n) is 5.07. The molecule has 0 aliphatic carbocycles. The number of halogens is 2. The van der Waals surface area contributed by atoms with Gasteiger partial charge in [-0.15, -0.1) is 11.6 Å². The molecule has 20 heavy (non-hydrogen) atoms. The van der Waals surface area contributed by atoms with Gasteiger partial charge in [0.15, 0.2) is 5.78 Å². The van der Waals surface area contributed by atoms with Gasteiger partial charge in [0.05, 0.1) is 5.88 Å². The summed E-state index contributed by atoms with van der Waals surface area (Å²) in [6.07, 6.45) is 0. The number of carbonyl (C=O) groups is 1. The van der Waals surface area contributed by atoms with Crippen molar-refractivity contribution in [2.75, 3.05) is 5.88 Å². The Morgan fingerprint density at radius 2 is 1.70 bits per heavy atom. The van der Waals surface area contributed by atoms with E-state index >= 15 is 0 Å². The molecule has 0 N–H and O–H groups in total. The van der Waals surface area contributed by atoms with E-state index < -0.39 is 0 Å². The van der Waals surface area contributed by atoms with E-state index in [-0.39, 0.29) is 11.7 Å². The molecule has 0 saturated carbocycles. The zero-order valence-corrected chi connectivity index (χ0v) is 14.4. The highest BCUT2D eigenvalue weighted by molar-refractivity contribution is 9.10. The van der Waals surface area contributed by atoms with Gasteiger partial charge < -0.3 is 4.57 Å². The quantitative estimate of drug-likeness (QED) is 0.568. The third-order valence-corrected chi connectivity index (χ3v) is 5.03. The van der Waals surface area contributed by atoms with Crippen molar-refractivity contribution in [3.63, 3.8) is 0 Å². The zero-order valence-electron chi connectivity index (χ0n) is 12.1. The number of aryl methyl sites for hydroxylation is 3. The number of hydrogen-bond donors (Lipinski definition) is 0. The van der Waals surface area contributed by atoms with Crippen LogP contribution in [0.25, 0.3) is 5.69 Å². The van der Waals surface area contributed by atoms with Gasteiger partial charge in [0.1, 0.15) is 0 Å². The predicted octanol–water partition coefficient (Wildman–Crippen LogP) is 4.89. The molecule has 2 nitrogen and oxygen atoms in total. The first-order valence-corrected chi connectivity index (χ1v) is 7.74. The molecule has 1 aromatic carbocycles. The summed E-state index contributed by atoms with van der Waals surface area (Å²) in [5, 5.41) is 0. The lowest BCUT2D eigenvalue weighted by molar-refractivity contribution is 0.102. The average molecular weight is 355 g/mol. The number of nitrogens with zero attached hydrogens (tertiary/aromatic N) is 1. The Morgan fingerprint density at radius 1 is 1.15 bits per heavy atom. The van der Waals surface area contributed by atoms with Gasteiger partial charge in [0, 0.05) is 27.1 Å². The Kier molecular flexibility index (Phi) is 4.40. The molecule has 0 atom stereocenters. The highest BCUT2D eigenvalue weighted by atomic mass is 79.9. The largest absolute Gasteiger partial charge is 0.318 e. The molecule has 1 heterocycles. The fraction of sp³-hybridized carbons (Fsp3) is 0.312. The van der Waals surface area contributed by atoms with E-state index in [2.05, 4.69) is 46.5 Å². The highest BCUT2D eigenvalue weighted by Gasteiger charge is 2.16. The molecule has 4 heteroatoms. The normalized spacial score (nSPS) is 10.9. The van der Waals surface area contributed by atoms with Crippen LogP contribution in [0.5, 0.6) is 0 Å². The lowest BCUT2D eigenvalue weighted by Gasteiger charge is -2.13. The smallest absolute Gasteiger partial charge is 0.179 e. The minimum atomic E-state index is -0.0310. The molecule has 0 aliphatic heterocycles. The van der Waals surface area contributed by atoms with E-state index in [0.29, 0.717) is 5.56 Å². The van der Waals surface area contributed by atoms with Gasteiger partial charge in [-0.1, -0.05) is 15.9 Å². The summed E-state index contributed by atoms with van der Waals surface area (Å²) >= 11 is 9.25. The van der Waals surface area contributed by atoms with Crippen LogP contribution in [0.1, 0.15) is 32.9 Å². The summed E-state index contributed by atoms with van der Waals surface area (Å²) in [5.41, 5.74) is 6.12. The van der Waals surface area contributed by atoms with Crippen molar-refractivity contribution < 1.29 is 4.79 Å². The molecule has 2 rings (SSSR count). The standard InChI is InChI=1S/C16H17BrClNO/c1-9-5-13(6-10(2)16(9)17)19-11(3)7-14(12(19)4)15(20)8-18/h5-7H,8H2,1-4H3. The molecule has 106 valence electrons. The molecule has 0 saturated heterocycles. The van der Waals surface area contributed by atoms with Crippen molar-refractivity contribution in [3.8, 4) is 5.69 Å². The monoisotopic (exact) mass is 353 g/mol. The van der Waals surface area contributed by atoms with Crippen LogP contribution in [0.15, 0.2) is 22.7 Å². The van der Waals surface area contributed by atoms with Crippen LogP contribution < -0.4 is 0 Å². The molecule has 0 amide bonds. The maximum Gasteiger partial charge on any atom is 0.179 e. The molecule has 0 aliphatic rings. The molecule has 2 aromatic rings. The minimum Gasteiger partial charge on any atom is -0.318 e. The van der Waals surface area contributed by atoms with Crippen molar-refractivity contribution in [1.29, 1.82) is 0 Å². The number of rotatable bonds is 3. The SMILES string of the molecule is Cc1cc(-n2c(C)cc(C(=O)CCl)c2C)cc(C)c1Br. The number of carbonyl (C=O) groups excluding carboxylic acids is 1. The molecule has 0 bridgehead atoms. The average Bonchev–Trinajstić information content (AvgIpc) is 2.70. The minimum absolute atomic E-state index is 0.0166. The molecule has 1 aromatic heterocycles. The fourth-order valence-corrected chi connectivity index (χ4v) is 2.94. The lowest BCUT2D eigenvalue weighted by atomic mass is 10.1. The van der Waals surface area contributed by atoms with Crippen LogP contribution in [0.4, 0.5) is 0 Å². The van der Waals surface area contributed by atoms with Gasteiger partial charge in [-0.3, -0.25) is 4.79 Å². The number of hydrogen-bond acceptors (Lipinski definition) is 1. The van der Waals surface area contributed by atoms with E-state index in [4.69, 9.17) is 11.6 Å². The van der Waals surface area contributed by atoms with Gasteiger partial charge >= 0.3 is 0 Å². The predicted molar refractivity (Wildman–Crippen MR) is 87.5 cm³/mol. The van der Waals surface area contributed by atoms with Crippen LogP contribution >= 0.6 is 27.5 Å². The molecule has 0 unspecified atom stereocenters. The molecule has 0 radical (unpaired) electrons. The van der Waals surface area contributed by atoms with Crippen LogP contribution in [0.3, 0.4) is 0 Å². The summed E-state index contributed by atoms with van der Waals surface area (Å²) in [6, 6.07) is 6.14. The van der Waals surface area contributed by atoms with Crippen LogP contribution in [0, 0.1) is 27.7 Å². The van der Waals surface area contributed by atoms with Crippen LogP contribution in [-0.4, -0.2) is 16.2 Å². The molecular weight excluding hydrogens is 338 g/mol. The topological polar surface area (TPSA) is 22.0 Å². The van der Waals surface area contributed by atoms with Crippen molar-refractivity contribution in [2.45, 2.75) is 27.7 Å². The highest BCUT2D eigenvalue weighted by Crippen LogP contribution is 2.27. The number of ketones is 1. The van der Waals surface area contributed by atoms with E-state index in [1.807, 2.05) is 19.9 Å². The van der Waals surface area contributed by atoms with Crippen molar-refractivity contribution >= 4 is 33.3 Å². The fourth-order valence-electron chi connectivity index (χ4n) is 2.57. The van der Waals surface area contributed by atoms with E-state index in [1.54, 1.807) is 0 Å². The molecular formula is C16H17BrClNO. The number of aromatic nitrogens is 1. The summed E-state index contributed by atoms with van der Waals surface area (Å²) < 4.78 is 3.23. The number of alkyl halides is 1. The van der Waals surface area contributed by atoms with Crippen molar-refractivity contribution in [1.82, 2.24) is 4.57 Å². The van der Waals surface area contributed by atoms with E-state index in [1.165, 1.54) is 11.1 Å². The lowest BCUT2D eigenvalue weighted by Crippen LogP contribution is -2.05. The van der Waals surface area contributed by atoms with E-state index in [0.717, 1.165) is 21.5 Å². The summed E-state index contributed by atoms with van der Waals surface area (Å²) in [6.45, 7) is 8.10. The van der Waals surface area contributed by atoms with Gasteiger partial charge in [-0.2, -0.15) is 0 Å². The number of benzene rings is 1. The van der Waals surface area contributed by atoms with Crippen LogP contribution in [0.2, 0.25) is 0 Å². The Hall–Kier alpha value is -1.06. The summed E-state index contributed by atoms with van der Waals surface area (Å²) in [4.78, 5) is 11.9. The first-order chi connectivity index (χ1) is 9.36. The Morgan fingerprint density at radius 3 is 2.20 bits per heavy atom. The summed E-state index contributed by atoms with van der Waals surface area (Å²) in [7, 11) is 0. The van der Waals surface area contributed by atoms with Crippen molar-refractivity contribution in [2.24, 2.45) is 0 Å². The maximum atomic E-state index is 11.9. The maximum absolute atomic E-state index is 11.9. The third kappa shape index (κ3) is 2.57. The van der Waals surface area contributed by atoms with Gasteiger partial charge in [0.2, 0.25) is 0 Å². The third-order valence-electron chi connectivity index (χ3n) is 3.53. The zero-order chi connectivity index (χ0) is 15.0. The first-order valence-electron chi connectivity index (χ1n) is 6.42. The van der Waals surface area contributed by atoms with Gasteiger partial charge in [-0.05, 0) is 57.0 Å². The Balaban J connectivity index is 2.65. The second-order valence-corrected chi connectivity index (χ2v) is 6.13. The Bertz CT molecular complexity index is 665. The van der Waals surface area contributed by atoms with Crippen molar-refractivity contribution in [3.05, 3.63) is 50.8 Å². The van der Waals surface area contributed by atoms with E-state index in [9.17, 15) is 4.79 Å².